The first-order valence-corrected chi connectivity index (χ1v) is 6.75. The summed E-state index contributed by atoms with van der Waals surface area (Å²) in [5.74, 6) is 1.06. The van der Waals surface area contributed by atoms with Gasteiger partial charge in [-0.3, -0.25) is 0 Å². The molecule has 0 spiro atoms. The lowest BCUT2D eigenvalue weighted by atomic mass is 9.97. The molecule has 2 rings (SSSR count). The van der Waals surface area contributed by atoms with Crippen molar-refractivity contribution in [3.8, 4) is 5.75 Å². The maximum Gasteiger partial charge on any atom is 0.122 e. The molecule has 0 aromatic heterocycles. The van der Waals surface area contributed by atoms with Crippen LogP contribution in [0.15, 0.2) is 18.2 Å². The van der Waals surface area contributed by atoms with Crippen molar-refractivity contribution in [2.75, 3.05) is 20.7 Å². The SMILES string of the molecule is CC(N)CCC(c1ccc2c(c1)CCO2)N(C)C. The average Bonchev–Trinajstić information content (AvgIpc) is 2.75. The molecule has 2 unspecified atom stereocenters. The molecule has 0 fully saturated rings. The molecule has 0 aliphatic carbocycles. The molecule has 2 N–H and O–H groups in total. The zero-order valence-electron chi connectivity index (χ0n) is 11.6. The van der Waals surface area contributed by atoms with E-state index in [9.17, 15) is 0 Å². The molecule has 2 atom stereocenters. The Balaban J connectivity index is 2.15. The minimum Gasteiger partial charge on any atom is -0.493 e. The molecule has 3 heteroatoms. The summed E-state index contributed by atoms with van der Waals surface area (Å²) in [6.07, 6.45) is 3.19. The monoisotopic (exact) mass is 248 g/mol. The number of nitrogens with zero attached hydrogens (tertiary/aromatic N) is 1. The Morgan fingerprint density at radius 2 is 2.11 bits per heavy atom. The summed E-state index contributed by atoms with van der Waals surface area (Å²) >= 11 is 0. The third-order valence-electron chi connectivity index (χ3n) is 3.62. The topological polar surface area (TPSA) is 38.5 Å². The molecule has 0 saturated carbocycles. The molecule has 0 radical (unpaired) electrons. The van der Waals surface area contributed by atoms with Crippen LogP contribution >= 0.6 is 0 Å². The van der Waals surface area contributed by atoms with Crippen LogP contribution in [0.4, 0.5) is 0 Å². The number of nitrogens with two attached hydrogens (primary N) is 1. The highest BCUT2D eigenvalue weighted by molar-refractivity contribution is 5.40. The number of fused-ring (bicyclic) bond motifs is 1. The quantitative estimate of drug-likeness (QED) is 0.869. The van der Waals surface area contributed by atoms with Crippen LogP contribution in [0.25, 0.3) is 0 Å². The highest BCUT2D eigenvalue weighted by Gasteiger charge is 2.18. The zero-order valence-corrected chi connectivity index (χ0v) is 11.6. The molecule has 1 aromatic carbocycles. The summed E-state index contributed by atoms with van der Waals surface area (Å²) in [5, 5.41) is 0. The van der Waals surface area contributed by atoms with Crippen molar-refractivity contribution in [2.45, 2.75) is 38.3 Å². The summed E-state index contributed by atoms with van der Waals surface area (Å²) in [6, 6.07) is 7.32. The molecule has 3 nitrogen and oxygen atoms in total. The van der Waals surface area contributed by atoms with Crippen molar-refractivity contribution in [2.24, 2.45) is 5.73 Å². The molecule has 0 amide bonds. The number of ether oxygens (including phenoxy) is 1. The second kappa shape index (κ2) is 5.72. The third kappa shape index (κ3) is 3.03. The number of benzene rings is 1. The maximum absolute atomic E-state index is 5.87. The number of hydrogen-bond donors (Lipinski definition) is 1. The summed E-state index contributed by atoms with van der Waals surface area (Å²) in [4.78, 5) is 2.28. The fourth-order valence-electron chi connectivity index (χ4n) is 2.56. The second-order valence-corrected chi connectivity index (χ2v) is 5.50. The van der Waals surface area contributed by atoms with E-state index in [0.29, 0.717) is 6.04 Å². The minimum absolute atomic E-state index is 0.269. The van der Waals surface area contributed by atoms with Gasteiger partial charge in [-0.15, -0.1) is 0 Å². The van der Waals surface area contributed by atoms with Gasteiger partial charge in [-0.05, 0) is 51.1 Å². The van der Waals surface area contributed by atoms with Gasteiger partial charge in [0, 0.05) is 18.5 Å². The van der Waals surface area contributed by atoms with Crippen molar-refractivity contribution < 1.29 is 4.74 Å². The first kappa shape index (κ1) is 13.4. The van der Waals surface area contributed by atoms with Gasteiger partial charge in [0.25, 0.3) is 0 Å². The van der Waals surface area contributed by atoms with Gasteiger partial charge in [-0.1, -0.05) is 12.1 Å². The van der Waals surface area contributed by atoms with Gasteiger partial charge in [0.15, 0.2) is 0 Å². The molecular weight excluding hydrogens is 224 g/mol. The van der Waals surface area contributed by atoms with Gasteiger partial charge in [0.1, 0.15) is 5.75 Å². The standard InChI is InChI=1S/C15H24N2O/c1-11(16)4-6-14(17(2)3)12-5-7-15-13(10-12)8-9-18-15/h5,7,10-11,14H,4,6,8-9,16H2,1-3H3. The molecule has 1 aliphatic rings. The van der Waals surface area contributed by atoms with Gasteiger partial charge in [0.2, 0.25) is 0 Å². The van der Waals surface area contributed by atoms with E-state index in [4.69, 9.17) is 10.5 Å². The molecule has 1 heterocycles. The van der Waals surface area contributed by atoms with Crippen LogP contribution in [-0.2, 0) is 6.42 Å². The molecule has 1 aliphatic heterocycles. The molecule has 0 bridgehead atoms. The Hall–Kier alpha value is -1.06. The minimum atomic E-state index is 0.269. The van der Waals surface area contributed by atoms with Gasteiger partial charge < -0.3 is 15.4 Å². The van der Waals surface area contributed by atoms with E-state index in [-0.39, 0.29) is 6.04 Å². The molecule has 0 saturated heterocycles. The highest BCUT2D eigenvalue weighted by Crippen LogP contribution is 2.31. The molecular formula is C15H24N2O. The zero-order chi connectivity index (χ0) is 13.1. The Morgan fingerprint density at radius 3 is 2.78 bits per heavy atom. The predicted octanol–water partition coefficient (Wildman–Crippen LogP) is 2.35. The van der Waals surface area contributed by atoms with Crippen molar-refractivity contribution in [3.63, 3.8) is 0 Å². The first-order chi connectivity index (χ1) is 8.58. The Morgan fingerprint density at radius 1 is 1.33 bits per heavy atom. The smallest absolute Gasteiger partial charge is 0.122 e. The third-order valence-corrected chi connectivity index (χ3v) is 3.62. The fourth-order valence-corrected chi connectivity index (χ4v) is 2.56. The van der Waals surface area contributed by atoms with Crippen molar-refractivity contribution in [3.05, 3.63) is 29.3 Å². The van der Waals surface area contributed by atoms with Crippen LogP contribution in [-0.4, -0.2) is 31.6 Å². The van der Waals surface area contributed by atoms with Crippen LogP contribution in [0.1, 0.15) is 36.9 Å². The lowest BCUT2D eigenvalue weighted by Crippen LogP contribution is -2.23. The summed E-state index contributed by atoms with van der Waals surface area (Å²) < 4.78 is 5.56. The van der Waals surface area contributed by atoms with E-state index in [2.05, 4.69) is 44.1 Å². The van der Waals surface area contributed by atoms with Gasteiger partial charge in [0.05, 0.1) is 6.61 Å². The predicted molar refractivity (Wildman–Crippen MR) is 75.0 cm³/mol. The first-order valence-electron chi connectivity index (χ1n) is 6.75. The Kier molecular flexibility index (Phi) is 4.25. The second-order valence-electron chi connectivity index (χ2n) is 5.50. The summed E-state index contributed by atoms with van der Waals surface area (Å²) in [5.41, 5.74) is 8.60. The van der Waals surface area contributed by atoms with Crippen LogP contribution in [0.2, 0.25) is 0 Å². The van der Waals surface area contributed by atoms with Crippen LogP contribution in [0.3, 0.4) is 0 Å². The van der Waals surface area contributed by atoms with Crippen LogP contribution in [0.5, 0.6) is 5.75 Å². The number of hydrogen-bond acceptors (Lipinski definition) is 3. The van der Waals surface area contributed by atoms with E-state index >= 15 is 0 Å². The Labute approximate surface area is 110 Å². The number of rotatable bonds is 5. The van der Waals surface area contributed by atoms with Crippen LogP contribution in [0, 0.1) is 0 Å². The van der Waals surface area contributed by atoms with Gasteiger partial charge in [-0.2, -0.15) is 0 Å². The molecule has 1 aromatic rings. The summed E-state index contributed by atoms with van der Waals surface area (Å²) in [7, 11) is 4.27. The lowest BCUT2D eigenvalue weighted by molar-refractivity contribution is 0.274. The van der Waals surface area contributed by atoms with E-state index in [1.54, 1.807) is 0 Å². The molecule has 18 heavy (non-hydrogen) atoms. The largest absolute Gasteiger partial charge is 0.493 e. The fraction of sp³-hybridized carbons (Fsp3) is 0.600. The van der Waals surface area contributed by atoms with E-state index in [1.165, 1.54) is 11.1 Å². The Bertz CT molecular complexity index is 401. The van der Waals surface area contributed by atoms with E-state index in [0.717, 1.165) is 31.6 Å². The van der Waals surface area contributed by atoms with Crippen molar-refractivity contribution in [1.29, 1.82) is 0 Å². The van der Waals surface area contributed by atoms with Crippen LogP contribution < -0.4 is 10.5 Å². The van der Waals surface area contributed by atoms with Crippen molar-refractivity contribution in [1.82, 2.24) is 4.90 Å². The normalized spacial score (nSPS) is 17.4. The van der Waals surface area contributed by atoms with Gasteiger partial charge in [-0.25, -0.2) is 0 Å². The van der Waals surface area contributed by atoms with Gasteiger partial charge >= 0.3 is 0 Å². The average molecular weight is 248 g/mol. The molecule has 100 valence electrons. The van der Waals surface area contributed by atoms with E-state index in [1.807, 2.05) is 0 Å². The highest BCUT2D eigenvalue weighted by atomic mass is 16.5. The lowest BCUT2D eigenvalue weighted by Gasteiger charge is -2.26. The van der Waals surface area contributed by atoms with E-state index < -0.39 is 0 Å². The van der Waals surface area contributed by atoms with Crippen molar-refractivity contribution >= 4 is 0 Å². The maximum atomic E-state index is 5.87. The summed E-state index contributed by atoms with van der Waals surface area (Å²) in [6.45, 7) is 2.90.